The van der Waals surface area contributed by atoms with E-state index in [2.05, 4.69) is 37.2 Å². The second-order valence-corrected chi connectivity index (χ2v) is 6.66. The predicted molar refractivity (Wildman–Crippen MR) is 64.8 cm³/mol. The normalized spacial score (nSPS) is 13.0. The van der Waals surface area contributed by atoms with Crippen molar-refractivity contribution in [1.82, 2.24) is 5.32 Å². The standard InChI is InChI=1S/C9H15Br2NO2/c1-6(5-7(10)11)12-8(13)14-9(2,3)4/h5-6H,1-4H3,(H,12,13). The zero-order chi connectivity index (χ0) is 11.4. The van der Waals surface area contributed by atoms with Gasteiger partial charge in [-0.05, 0) is 65.6 Å². The van der Waals surface area contributed by atoms with Gasteiger partial charge in [-0.25, -0.2) is 4.79 Å². The number of carbonyl (C=O) groups is 1. The fourth-order valence-corrected chi connectivity index (χ4v) is 1.52. The molecule has 0 bridgehead atoms. The van der Waals surface area contributed by atoms with Crippen LogP contribution in [-0.2, 0) is 4.74 Å². The molecule has 0 fully saturated rings. The highest BCUT2D eigenvalue weighted by Gasteiger charge is 2.16. The molecule has 0 aliphatic carbocycles. The minimum Gasteiger partial charge on any atom is -0.444 e. The number of ether oxygens (including phenoxy) is 1. The van der Waals surface area contributed by atoms with Crippen LogP contribution in [0.3, 0.4) is 0 Å². The van der Waals surface area contributed by atoms with E-state index < -0.39 is 11.7 Å². The van der Waals surface area contributed by atoms with E-state index in [0.717, 1.165) is 3.39 Å². The molecule has 0 aromatic carbocycles. The Morgan fingerprint density at radius 1 is 1.43 bits per heavy atom. The maximum absolute atomic E-state index is 11.3. The summed E-state index contributed by atoms with van der Waals surface area (Å²) < 4.78 is 5.88. The van der Waals surface area contributed by atoms with Crippen molar-refractivity contribution in [2.75, 3.05) is 0 Å². The number of nitrogens with one attached hydrogen (secondary N) is 1. The molecule has 0 aliphatic rings. The number of hydrogen-bond donors (Lipinski definition) is 1. The van der Waals surface area contributed by atoms with Gasteiger partial charge in [0.25, 0.3) is 0 Å². The predicted octanol–water partition coefficient (Wildman–Crippen LogP) is 3.53. The van der Waals surface area contributed by atoms with Gasteiger partial charge in [0.15, 0.2) is 0 Å². The Balaban J connectivity index is 4.02. The molecular weight excluding hydrogens is 314 g/mol. The van der Waals surface area contributed by atoms with E-state index in [1.165, 1.54) is 0 Å². The molecule has 1 atom stereocenters. The average Bonchev–Trinajstić information content (AvgIpc) is 1.77. The first-order valence-corrected chi connectivity index (χ1v) is 5.81. The van der Waals surface area contributed by atoms with Gasteiger partial charge in [-0.15, -0.1) is 0 Å². The smallest absolute Gasteiger partial charge is 0.408 e. The van der Waals surface area contributed by atoms with Gasteiger partial charge in [0.05, 0.1) is 3.39 Å². The van der Waals surface area contributed by atoms with Gasteiger partial charge in [0.2, 0.25) is 0 Å². The molecule has 0 aliphatic heterocycles. The number of rotatable bonds is 2. The second kappa shape index (κ2) is 5.75. The summed E-state index contributed by atoms with van der Waals surface area (Å²) in [6.07, 6.45) is 1.40. The Hall–Kier alpha value is -0.0300. The summed E-state index contributed by atoms with van der Waals surface area (Å²) in [5, 5.41) is 2.67. The van der Waals surface area contributed by atoms with Crippen LogP contribution in [0.2, 0.25) is 0 Å². The van der Waals surface area contributed by atoms with Gasteiger partial charge in [0, 0.05) is 6.04 Å². The Morgan fingerprint density at radius 2 is 1.93 bits per heavy atom. The highest BCUT2D eigenvalue weighted by Crippen LogP contribution is 2.13. The lowest BCUT2D eigenvalue weighted by Crippen LogP contribution is -2.36. The molecular formula is C9H15Br2NO2. The molecule has 5 heteroatoms. The van der Waals surface area contributed by atoms with Gasteiger partial charge < -0.3 is 10.1 Å². The second-order valence-electron chi connectivity index (χ2n) is 3.89. The lowest BCUT2D eigenvalue weighted by molar-refractivity contribution is 0.0518. The van der Waals surface area contributed by atoms with Crippen molar-refractivity contribution < 1.29 is 9.53 Å². The average molecular weight is 329 g/mol. The van der Waals surface area contributed by atoms with Crippen molar-refractivity contribution in [2.45, 2.75) is 39.3 Å². The zero-order valence-corrected chi connectivity index (χ0v) is 11.9. The van der Waals surface area contributed by atoms with Crippen molar-refractivity contribution in [3.8, 4) is 0 Å². The molecule has 1 unspecified atom stereocenters. The van der Waals surface area contributed by atoms with E-state index in [4.69, 9.17) is 4.74 Å². The molecule has 0 aromatic rings. The molecule has 0 heterocycles. The maximum atomic E-state index is 11.3. The molecule has 1 N–H and O–H groups in total. The molecule has 0 saturated heterocycles. The van der Waals surface area contributed by atoms with Crippen LogP contribution in [0.15, 0.2) is 9.47 Å². The van der Waals surface area contributed by atoms with Gasteiger partial charge in [-0.3, -0.25) is 0 Å². The van der Waals surface area contributed by atoms with E-state index in [-0.39, 0.29) is 6.04 Å². The van der Waals surface area contributed by atoms with E-state index in [0.29, 0.717) is 0 Å². The lowest BCUT2D eigenvalue weighted by atomic mass is 10.2. The summed E-state index contributed by atoms with van der Waals surface area (Å²) in [6, 6.07) is -0.0846. The summed E-state index contributed by atoms with van der Waals surface area (Å²) in [6.45, 7) is 7.33. The van der Waals surface area contributed by atoms with Crippen molar-refractivity contribution in [3.63, 3.8) is 0 Å². The molecule has 14 heavy (non-hydrogen) atoms. The Labute approximate surface area is 102 Å². The topological polar surface area (TPSA) is 38.3 Å². The summed E-state index contributed by atoms with van der Waals surface area (Å²) in [5.41, 5.74) is -0.459. The summed E-state index contributed by atoms with van der Waals surface area (Å²) in [7, 11) is 0. The van der Waals surface area contributed by atoms with Gasteiger partial charge in [-0.2, -0.15) is 0 Å². The Morgan fingerprint density at radius 3 is 2.29 bits per heavy atom. The van der Waals surface area contributed by atoms with Crippen molar-refractivity contribution in [3.05, 3.63) is 9.47 Å². The minimum absolute atomic E-state index is 0.0846. The number of halogens is 2. The SMILES string of the molecule is CC(C=C(Br)Br)NC(=O)OC(C)(C)C. The number of carbonyl (C=O) groups excluding carboxylic acids is 1. The van der Waals surface area contributed by atoms with E-state index >= 15 is 0 Å². The third kappa shape index (κ3) is 8.56. The van der Waals surface area contributed by atoms with Crippen molar-refractivity contribution >= 4 is 38.0 Å². The van der Waals surface area contributed by atoms with Crippen LogP contribution in [0, 0.1) is 0 Å². The molecule has 82 valence electrons. The molecule has 0 saturated carbocycles. The lowest BCUT2D eigenvalue weighted by Gasteiger charge is -2.20. The molecule has 1 amide bonds. The highest BCUT2D eigenvalue weighted by atomic mass is 79.9. The van der Waals surface area contributed by atoms with Crippen LogP contribution < -0.4 is 5.32 Å². The van der Waals surface area contributed by atoms with Gasteiger partial charge in [0.1, 0.15) is 5.60 Å². The highest BCUT2D eigenvalue weighted by molar-refractivity contribution is 9.28. The molecule has 0 rings (SSSR count). The molecule has 0 radical (unpaired) electrons. The first-order valence-electron chi connectivity index (χ1n) is 4.23. The first kappa shape index (κ1) is 14.0. The van der Waals surface area contributed by atoms with Gasteiger partial charge >= 0.3 is 6.09 Å². The van der Waals surface area contributed by atoms with Crippen LogP contribution in [0.25, 0.3) is 0 Å². The summed E-state index contributed by atoms with van der Waals surface area (Å²) in [5.74, 6) is 0. The first-order chi connectivity index (χ1) is 6.20. The molecule has 3 nitrogen and oxygen atoms in total. The Bertz CT molecular complexity index is 229. The largest absolute Gasteiger partial charge is 0.444 e. The number of amides is 1. The third-order valence-electron chi connectivity index (χ3n) is 1.12. The van der Waals surface area contributed by atoms with Gasteiger partial charge in [-0.1, -0.05) is 0 Å². The summed E-state index contributed by atoms with van der Waals surface area (Å²) in [4.78, 5) is 11.3. The minimum atomic E-state index is -0.459. The molecule has 0 spiro atoms. The van der Waals surface area contributed by atoms with Crippen molar-refractivity contribution in [2.24, 2.45) is 0 Å². The van der Waals surface area contributed by atoms with Crippen molar-refractivity contribution in [1.29, 1.82) is 0 Å². The number of hydrogen-bond acceptors (Lipinski definition) is 2. The van der Waals surface area contributed by atoms with Crippen LogP contribution in [0.1, 0.15) is 27.7 Å². The Kier molecular flexibility index (Phi) is 5.74. The fourth-order valence-electron chi connectivity index (χ4n) is 0.724. The van der Waals surface area contributed by atoms with E-state index in [1.807, 2.05) is 33.8 Å². The monoisotopic (exact) mass is 327 g/mol. The third-order valence-corrected chi connectivity index (χ3v) is 1.65. The number of alkyl carbamates (subject to hydrolysis) is 1. The molecule has 0 aromatic heterocycles. The van der Waals surface area contributed by atoms with Crippen LogP contribution >= 0.6 is 31.9 Å². The quantitative estimate of drug-likeness (QED) is 0.842. The van der Waals surface area contributed by atoms with Crippen LogP contribution in [-0.4, -0.2) is 17.7 Å². The van der Waals surface area contributed by atoms with E-state index in [9.17, 15) is 4.79 Å². The van der Waals surface area contributed by atoms with Crippen LogP contribution in [0.4, 0.5) is 4.79 Å². The zero-order valence-electron chi connectivity index (χ0n) is 8.73. The maximum Gasteiger partial charge on any atom is 0.408 e. The summed E-state index contributed by atoms with van der Waals surface area (Å²) >= 11 is 6.42. The fraction of sp³-hybridized carbons (Fsp3) is 0.667. The van der Waals surface area contributed by atoms with E-state index in [1.54, 1.807) is 0 Å². The van der Waals surface area contributed by atoms with Crippen LogP contribution in [0.5, 0.6) is 0 Å².